The molecular formula is C16H25FN2. The first-order valence-electron chi connectivity index (χ1n) is 7.26. The maximum absolute atomic E-state index is 14.2. The van der Waals surface area contributed by atoms with E-state index in [0.717, 1.165) is 30.6 Å². The van der Waals surface area contributed by atoms with E-state index in [-0.39, 0.29) is 17.4 Å². The first-order chi connectivity index (χ1) is 8.95. The van der Waals surface area contributed by atoms with Crippen molar-refractivity contribution < 1.29 is 4.39 Å². The average molecular weight is 264 g/mol. The van der Waals surface area contributed by atoms with E-state index < -0.39 is 0 Å². The molecule has 0 bridgehead atoms. The summed E-state index contributed by atoms with van der Waals surface area (Å²) in [6.45, 7) is 7.51. The molecule has 0 spiro atoms. The van der Waals surface area contributed by atoms with Crippen LogP contribution >= 0.6 is 0 Å². The highest BCUT2D eigenvalue weighted by Crippen LogP contribution is 2.36. The third kappa shape index (κ3) is 2.92. The molecule has 1 fully saturated rings. The van der Waals surface area contributed by atoms with Crippen LogP contribution in [0.1, 0.15) is 45.6 Å². The van der Waals surface area contributed by atoms with E-state index in [4.69, 9.17) is 5.73 Å². The number of anilines is 1. The van der Waals surface area contributed by atoms with Crippen molar-refractivity contribution in [3.63, 3.8) is 0 Å². The summed E-state index contributed by atoms with van der Waals surface area (Å²) in [5.74, 6) is -0.121. The van der Waals surface area contributed by atoms with Gasteiger partial charge in [0.1, 0.15) is 5.82 Å². The van der Waals surface area contributed by atoms with Crippen LogP contribution in [0, 0.1) is 5.82 Å². The minimum Gasteiger partial charge on any atom is -0.366 e. The van der Waals surface area contributed by atoms with Gasteiger partial charge in [-0.25, -0.2) is 4.39 Å². The highest BCUT2D eigenvalue weighted by atomic mass is 19.1. The second-order valence-electron chi connectivity index (χ2n) is 6.18. The van der Waals surface area contributed by atoms with Gasteiger partial charge in [-0.3, -0.25) is 0 Å². The monoisotopic (exact) mass is 264 g/mol. The van der Waals surface area contributed by atoms with Gasteiger partial charge < -0.3 is 10.6 Å². The van der Waals surface area contributed by atoms with Gasteiger partial charge in [-0.1, -0.05) is 13.0 Å². The van der Waals surface area contributed by atoms with Crippen molar-refractivity contribution in [1.82, 2.24) is 0 Å². The SMILES string of the molecule is CCC(N)Cc1c(F)cccc1N1CCCC1(C)C. The zero-order valence-electron chi connectivity index (χ0n) is 12.2. The molecule has 0 aliphatic carbocycles. The Kier molecular flexibility index (Phi) is 4.14. The Hall–Kier alpha value is -1.09. The van der Waals surface area contributed by atoms with Gasteiger partial charge in [0.05, 0.1) is 0 Å². The van der Waals surface area contributed by atoms with Crippen molar-refractivity contribution in [2.24, 2.45) is 5.73 Å². The topological polar surface area (TPSA) is 29.3 Å². The van der Waals surface area contributed by atoms with Crippen molar-refractivity contribution in [1.29, 1.82) is 0 Å². The van der Waals surface area contributed by atoms with E-state index in [1.54, 1.807) is 12.1 Å². The Balaban J connectivity index is 2.37. The molecular weight excluding hydrogens is 239 g/mol. The molecule has 2 nitrogen and oxygen atoms in total. The average Bonchev–Trinajstić information content (AvgIpc) is 2.71. The van der Waals surface area contributed by atoms with Gasteiger partial charge in [0.25, 0.3) is 0 Å². The minimum atomic E-state index is -0.121. The number of nitrogens with zero attached hydrogens (tertiary/aromatic N) is 1. The summed E-state index contributed by atoms with van der Waals surface area (Å²) in [5.41, 5.74) is 7.95. The predicted octanol–water partition coefficient (Wildman–Crippen LogP) is 3.48. The van der Waals surface area contributed by atoms with Crippen LogP contribution in [0.15, 0.2) is 18.2 Å². The number of hydrogen-bond donors (Lipinski definition) is 1. The van der Waals surface area contributed by atoms with Crippen molar-refractivity contribution in [2.75, 3.05) is 11.4 Å². The molecule has 0 radical (unpaired) electrons. The molecule has 2 rings (SSSR count). The Labute approximate surface area is 115 Å². The van der Waals surface area contributed by atoms with Crippen LogP contribution in [0.3, 0.4) is 0 Å². The van der Waals surface area contributed by atoms with Crippen molar-refractivity contribution >= 4 is 5.69 Å². The maximum Gasteiger partial charge on any atom is 0.128 e. The van der Waals surface area contributed by atoms with Crippen LogP contribution in [0.2, 0.25) is 0 Å². The van der Waals surface area contributed by atoms with Gasteiger partial charge in [0.2, 0.25) is 0 Å². The molecule has 0 aromatic heterocycles. The zero-order valence-corrected chi connectivity index (χ0v) is 12.2. The number of benzene rings is 1. The highest BCUT2D eigenvalue weighted by Gasteiger charge is 2.33. The molecule has 1 unspecified atom stereocenters. The summed E-state index contributed by atoms with van der Waals surface area (Å²) in [6.07, 6.45) is 3.81. The largest absolute Gasteiger partial charge is 0.366 e. The Bertz CT molecular complexity index is 442. The first kappa shape index (κ1) is 14.3. The molecule has 2 N–H and O–H groups in total. The molecule has 1 atom stereocenters. The summed E-state index contributed by atoms with van der Waals surface area (Å²) >= 11 is 0. The van der Waals surface area contributed by atoms with E-state index in [1.165, 1.54) is 6.42 Å². The lowest BCUT2D eigenvalue weighted by Gasteiger charge is -2.35. The maximum atomic E-state index is 14.2. The predicted molar refractivity (Wildman–Crippen MR) is 79.0 cm³/mol. The van der Waals surface area contributed by atoms with Crippen molar-refractivity contribution in [2.45, 2.75) is 58.0 Å². The van der Waals surface area contributed by atoms with Crippen molar-refractivity contribution in [3.8, 4) is 0 Å². The van der Waals surface area contributed by atoms with E-state index >= 15 is 0 Å². The number of rotatable bonds is 4. The molecule has 0 amide bonds. The van der Waals surface area contributed by atoms with Gasteiger partial charge in [-0.15, -0.1) is 0 Å². The molecule has 1 aliphatic rings. The highest BCUT2D eigenvalue weighted by molar-refractivity contribution is 5.57. The molecule has 1 aromatic rings. The number of nitrogens with two attached hydrogens (primary N) is 1. The summed E-state index contributed by atoms with van der Waals surface area (Å²) in [4.78, 5) is 2.34. The summed E-state index contributed by atoms with van der Waals surface area (Å²) in [6, 6.07) is 5.42. The molecule has 106 valence electrons. The van der Waals surface area contributed by atoms with Gasteiger partial charge in [-0.05, 0) is 51.7 Å². The van der Waals surface area contributed by atoms with Gasteiger partial charge >= 0.3 is 0 Å². The second kappa shape index (κ2) is 5.49. The number of hydrogen-bond acceptors (Lipinski definition) is 2. The van der Waals surface area contributed by atoms with E-state index in [9.17, 15) is 4.39 Å². The molecule has 1 heterocycles. The zero-order chi connectivity index (χ0) is 14.0. The first-order valence-corrected chi connectivity index (χ1v) is 7.26. The second-order valence-corrected chi connectivity index (χ2v) is 6.18. The van der Waals surface area contributed by atoms with Crippen LogP contribution in [0.4, 0.5) is 10.1 Å². The van der Waals surface area contributed by atoms with E-state index in [2.05, 4.69) is 18.7 Å². The fourth-order valence-corrected chi connectivity index (χ4v) is 2.96. The standard InChI is InChI=1S/C16H25FN2/c1-4-12(18)11-13-14(17)7-5-8-15(13)19-10-6-9-16(19,2)3/h5,7-8,12H,4,6,9-11,18H2,1-3H3. The number of halogens is 1. The summed E-state index contributed by atoms with van der Waals surface area (Å²) in [7, 11) is 0. The van der Waals surface area contributed by atoms with Crippen molar-refractivity contribution in [3.05, 3.63) is 29.6 Å². The summed E-state index contributed by atoms with van der Waals surface area (Å²) in [5, 5.41) is 0. The lowest BCUT2D eigenvalue weighted by Crippen LogP contribution is -2.39. The van der Waals surface area contributed by atoms with Gasteiger partial charge in [0, 0.05) is 29.4 Å². The minimum absolute atomic E-state index is 0.0290. The molecule has 1 saturated heterocycles. The molecule has 0 saturated carbocycles. The Morgan fingerprint density at radius 1 is 1.42 bits per heavy atom. The molecule has 1 aromatic carbocycles. The third-order valence-electron chi connectivity index (χ3n) is 4.28. The molecule has 3 heteroatoms. The van der Waals surface area contributed by atoms with Gasteiger partial charge in [-0.2, -0.15) is 0 Å². The smallest absolute Gasteiger partial charge is 0.128 e. The molecule has 1 aliphatic heterocycles. The normalized spacial score (nSPS) is 19.7. The van der Waals surface area contributed by atoms with Crippen LogP contribution in [0.25, 0.3) is 0 Å². The lowest BCUT2D eigenvalue weighted by atomic mass is 9.97. The summed E-state index contributed by atoms with van der Waals surface area (Å²) < 4.78 is 14.2. The van der Waals surface area contributed by atoms with Crippen LogP contribution in [-0.2, 0) is 6.42 Å². The van der Waals surface area contributed by atoms with E-state index in [1.807, 2.05) is 13.0 Å². The van der Waals surface area contributed by atoms with Crippen LogP contribution in [-0.4, -0.2) is 18.1 Å². The van der Waals surface area contributed by atoms with Gasteiger partial charge in [0.15, 0.2) is 0 Å². The Morgan fingerprint density at radius 3 is 2.74 bits per heavy atom. The van der Waals surface area contributed by atoms with Crippen LogP contribution in [0.5, 0.6) is 0 Å². The third-order valence-corrected chi connectivity index (χ3v) is 4.28. The van der Waals surface area contributed by atoms with E-state index in [0.29, 0.717) is 6.42 Å². The fourth-order valence-electron chi connectivity index (χ4n) is 2.96. The quantitative estimate of drug-likeness (QED) is 0.902. The van der Waals surface area contributed by atoms with Crippen LogP contribution < -0.4 is 10.6 Å². The lowest BCUT2D eigenvalue weighted by molar-refractivity contribution is 0.511. The fraction of sp³-hybridized carbons (Fsp3) is 0.625. The Morgan fingerprint density at radius 2 is 2.16 bits per heavy atom. The molecule has 19 heavy (non-hydrogen) atoms.